The van der Waals surface area contributed by atoms with Crippen LogP contribution in [-0.2, 0) is 9.59 Å². The van der Waals surface area contributed by atoms with Crippen molar-refractivity contribution in [3.05, 3.63) is 42.5 Å². The third-order valence-corrected chi connectivity index (χ3v) is 3.52. The number of hydrogen-bond acceptors (Lipinski definition) is 3. The first-order chi connectivity index (χ1) is 10.6. The molecule has 0 spiro atoms. The number of nitrogens with zero attached hydrogens (tertiary/aromatic N) is 1. The highest BCUT2D eigenvalue weighted by molar-refractivity contribution is 5.94. The van der Waals surface area contributed by atoms with E-state index in [9.17, 15) is 9.59 Å². The van der Waals surface area contributed by atoms with Crippen molar-refractivity contribution in [1.82, 2.24) is 0 Å². The highest BCUT2D eigenvalue weighted by Crippen LogP contribution is 2.27. The van der Waals surface area contributed by atoms with Gasteiger partial charge in [0.05, 0.1) is 6.42 Å². The van der Waals surface area contributed by atoms with Gasteiger partial charge in [0.1, 0.15) is 0 Å². The molecule has 116 valence electrons. The summed E-state index contributed by atoms with van der Waals surface area (Å²) in [5.41, 5.74) is 0.949. The van der Waals surface area contributed by atoms with E-state index in [1.165, 1.54) is 0 Å². The molecule has 22 heavy (non-hydrogen) atoms. The van der Waals surface area contributed by atoms with Crippen LogP contribution in [0.5, 0.6) is 0 Å². The fourth-order valence-corrected chi connectivity index (χ4v) is 2.49. The molecule has 0 aliphatic carbocycles. The van der Waals surface area contributed by atoms with E-state index in [1.807, 2.05) is 47.4 Å². The van der Waals surface area contributed by atoms with Gasteiger partial charge in [0.2, 0.25) is 0 Å². The zero-order valence-corrected chi connectivity index (χ0v) is 12.2. The molecular formula is C17H19NO4. The molecule has 0 bridgehead atoms. The predicted octanol–water partition coefficient (Wildman–Crippen LogP) is 2.99. The van der Waals surface area contributed by atoms with Gasteiger partial charge in [-0.3, -0.25) is 9.59 Å². The molecular weight excluding hydrogens is 282 g/mol. The number of hydrogen-bond donors (Lipinski definition) is 2. The number of aliphatic carboxylic acids is 2. The van der Waals surface area contributed by atoms with Gasteiger partial charge in [0.15, 0.2) is 0 Å². The molecule has 0 fully saturated rings. The minimum absolute atomic E-state index is 0.0241. The first-order valence-electron chi connectivity index (χ1n) is 7.24. The van der Waals surface area contributed by atoms with Crippen molar-refractivity contribution in [1.29, 1.82) is 0 Å². The quantitative estimate of drug-likeness (QED) is 0.783. The Morgan fingerprint density at radius 3 is 2.27 bits per heavy atom. The van der Waals surface area contributed by atoms with E-state index in [2.05, 4.69) is 0 Å². The Kier molecular flexibility index (Phi) is 5.36. The van der Waals surface area contributed by atoms with E-state index >= 15 is 0 Å². The Balaban J connectivity index is 2.24. The van der Waals surface area contributed by atoms with Gasteiger partial charge in [0.25, 0.3) is 0 Å². The normalized spacial score (nSPS) is 10.5. The van der Waals surface area contributed by atoms with Crippen LogP contribution < -0.4 is 4.90 Å². The molecule has 0 heterocycles. The first kappa shape index (κ1) is 15.8. The van der Waals surface area contributed by atoms with Crippen LogP contribution in [0.15, 0.2) is 42.5 Å². The highest BCUT2D eigenvalue weighted by atomic mass is 16.4. The molecule has 0 aliphatic rings. The van der Waals surface area contributed by atoms with Crippen molar-refractivity contribution in [2.24, 2.45) is 0 Å². The van der Waals surface area contributed by atoms with Crippen LogP contribution >= 0.6 is 0 Å². The molecule has 0 aromatic heterocycles. The lowest BCUT2D eigenvalue weighted by Gasteiger charge is -2.25. The van der Waals surface area contributed by atoms with Gasteiger partial charge >= 0.3 is 11.9 Å². The van der Waals surface area contributed by atoms with E-state index in [0.29, 0.717) is 19.5 Å². The topological polar surface area (TPSA) is 77.8 Å². The number of anilines is 1. The molecule has 0 saturated carbocycles. The van der Waals surface area contributed by atoms with E-state index in [1.54, 1.807) is 0 Å². The number of fused-ring (bicyclic) bond motifs is 1. The number of rotatable bonds is 8. The van der Waals surface area contributed by atoms with E-state index < -0.39 is 11.9 Å². The van der Waals surface area contributed by atoms with Crippen molar-refractivity contribution < 1.29 is 19.8 Å². The monoisotopic (exact) mass is 301 g/mol. The number of carboxylic acid groups (broad SMARTS) is 2. The van der Waals surface area contributed by atoms with Crippen LogP contribution in [-0.4, -0.2) is 35.2 Å². The SMILES string of the molecule is O=C(O)CCCN(CCC(=O)O)c1cccc2ccccc12. The lowest BCUT2D eigenvalue weighted by Crippen LogP contribution is -2.28. The number of carbonyl (C=O) groups is 2. The first-order valence-corrected chi connectivity index (χ1v) is 7.24. The van der Waals surface area contributed by atoms with Crippen molar-refractivity contribution in [3.8, 4) is 0 Å². The van der Waals surface area contributed by atoms with Gasteiger partial charge in [-0.2, -0.15) is 0 Å². The van der Waals surface area contributed by atoms with Gasteiger partial charge in [-0.25, -0.2) is 0 Å². The minimum atomic E-state index is -0.858. The summed E-state index contributed by atoms with van der Waals surface area (Å²) < 4.78 is 0. The molecule has 0 saturated heterocycles. The maximum Gasteiger partial charge on any atom is 0.305 e. The van der Waals surface area contributed by atoms with E-state index in [0.717, 1.165) is 16.5 Å². The maximum atomic E-state index is 10.9. The van der Waals surface area contributed by atoms with Crippen molar-refractivity contribution in [3.63, 3.8) is 0 Å². The molecule has 0 amide bonds. The summed E-state index contributed by atoms with van der Waals surface area (Å²) in [6, 6.07) is 13.8. The molecule has 0 unspecified atom stereocenters. The average molecular weight is 301 g/mol. The summed E-state index contributed by atoms with van der Waals surface area (Å²) in [6.07, 6.45) is 0.586. The second-order valence-corrected chi connectivity index (χ2v) is 5.13. The summed E-state index contributed by atoms with van der Waals surface area (Å²) in [5.74, 6) is -1.69. The predicted molar refractivity (Wildman–Crippen MR) is 85.3 cm³/mol. The zero-order chi connectivity index (χ0) is 15.9. The third kappa shape index (κ3) is 4.22. The molecule has 0 aliphatic heterocycles. The molecule has 0 radical (unpaired) electrons. The van der Waals surface area contributed by atoms with Crippen LogP contribution in [0.3, 0.4) is 0 Å². The van der Waals surface area contributed by atoms with Crippen LogP contribution in [0.25, 0.3) is 10.8 Å². The summed E-state index contributed by atoms with van der Waals surface area (Å²) in [4.78, 5) is 23.5. The van der Waals surface area contributed by atoms with Crippen molar-refractivity contribution in [2.45, 2.75) is 19.3 Å². The molecule has 2 rings (SSSR count). The highest BCUT2D eigenvalue weighted by Gasteiger charge is 2.12. The third-order valence-electron chi connectivity index (χ3n) is 3.52. The Morgan fingerprint density at radius 1 is 0.864 bits per heavy atom. The standard InChI is InChI=1S/C17H19NO4/c19-16(20)9-4-11-18(12-10-17(21)22)15-8-3-6-13-5-1-2-7-14(13)15/h1-3,5-8H,4,9-12H2,(H,19,20)(H,21,22). The van der Waals surface area contributed by atoms with Gasteiger partial charge < -0.3 is 15.1 Å². The molecule has 2 N–H and O–H groups in total. The van der Waals surface area contributed by atoms with Crippen LogP contribution in [0.1, 0.15) is 19.3 Å². The van der Waals surface area contributed by atoms with Gasteiger partial charge in [-0.05, 0) is 17.9 Å². The Morgan fingerprint density at radius 2 is 1.55 bits per heavy atom. The van der Waals surface area contributed by atoms with Crippen molar-refractivity contribution >= 4 is 28.4 Å². The Hall–Kier alpha value is -2.56. The maximum absolute atomic E-state index is 10.9. The summed E-state index contributed by atoms with van der Waals surface area (Å²) in [7, 11) is 0. The summed E-state index contributed by atoms with van der Waals surface area (Å²) in [5, 5.41) is 19.8. The summed E-state index contributed by atoms with van der Waals surface area (Å²) in [6.45, 7) is 0.885. The smallest absolute Gasteiger partial charge is 0.305 e. The van der Waals surface area contributed by atoms with E-state index in [-0.39, 0.29) is 12.8 Å². The Bertz CT molecular complexity index is 663. The zero-order valence-electron chi connectivity index (χ0n) is 12.2. The molecule has 2 aromatic rings. The second kappa shape index (κ2) is 7.45. The van der Waals surface area contributed by atoms with Gasteiger partial charge in [-0.1, -0.05) is 36.4 Å². The lowest BCUT2D eigenvalue weighted by atomic mass is 10.1. The molecule has 5 nitrogen and oxygen atoms in total. The van der Waals surface area contributed by atoms with Crippen LogP contribution in [0.4, 0.5) is 5.69 Å². The summed E-state index contributed by atoms with van der Waals surface area (Å²) >= 11 is 0. The number of benzene rings is 2. The van der Waals surface area contributed by atoms with E-state index in [4.69, 9.17) is 10.2 Å². The van der Waals surface area contributed by atoms with Crippen LogP contribution in [0, 0.1) is 0 Å². The minimum Gasteiger partial charge on any atom is -0.481 e. The molecule has 2 aromatic carbocycles. The largest absolute Gasteiger partial charge is 0.481 e. The van der Waals surface area contributed by atoms with Crippen LogP contribution in [0.2, 0.25) is 0 Å². The fourth-order valence-electron chi connectivity index (χ4n) is 2.49. The van der Waals surface area contributed by atoms with Crippen molar-refractivity contribution in [2.75, 3.05) is 18.0 Å². The molecule has 0 atom stereocenters. The number of carboxylic acids is 2. The van der Waals surface area contributed by atoms with Gasteiger partial charge in [0, 0.05) is 30.6 Å². The Labute approximate surface area is 128 Å². The second-order valence-electron chi connectivity index (χ2n) is 5.13. The van der Waals surface area contributed by atoms with Gasteiger partial charge in [-0.15, -0.1) is 0 Å². The molecule has 5 heteroatoms. The lowest BCUT2D eigenvalue weighted by molar-refractivity contribution is -0.138. The average Bonchev–Trinajstić information content (AvgIpc) is 2.50. The fraction of sp³-hybridized carbons (Fsp3) is 0.294.